The molecule has 5 heteroatoms. The molecule has 0 aliphatic heterocycles. The number of carbonyl (C=O) groups excluding carboxylic acids is 1. The number of hydrogen-bond acceptors (Lipinski definition) is 4. The van der Waals surface area contributed by atoms with Gasteiger partial charge in [0.25, 0.3) is 11.8 Å². The molecule has 1 aromatic rings. The van der Waals surface area contributed by atoms with Gasteiger partial charge in [-0.05, 0) is 5.16 Å². The number of hydrogen-bond donors (Lipinski definition) is 1. The van der Waals surface area contributed by atoms with Crippen LogP contribution in [0.25, 0.3) is 0 Å². The van der Waals surface area contributed by atoms with Gasteiger partial charge in [-0.2, -0.15) is 0 Å². The molecule has 0 saturated heterocycles. The first-order valence-electron chi connectivity index (χ1n) is 3.00. The van der Waals surface area contributed by atoms with E-state index in [-0.39, 0.29) is 11.8 Å². The summed E-state index contributed by atoms with van der Waals surface area (Å²) in [4.78, 5) is 11.0. The van der Waals surface area contributed by atoms with Gasteiger partial charge in [-0.1, -0.05) is 0 Å². The highest BCUT2D eigenvalue weighted by atomic mass is 16.5. The van der Waals surface area contributed by atoms with E-state index in [0.717, 1.165) is 0 Å². The van der Waals surface area contributed by atoms with Gasteiger partial charge in [-0.3, -0.25) is 4.79 Å². The van der Waals surface area contributed by atoms with E-state index in [0.29, 0.717) is 5.56 Å². The van der Waals surface area contributed by atoms with Gasteiger partial charge in [0.15, 0.2) is 0 Å². The highest BCUT2D eigenvalue weighted by Gasteiger charge is 2.14. The molecule has 0 aromatic carbocycles. The molecule has 1 heterocycles. The van der Waals surface area contributed by atoms with Crippen LogP contribution in [0.15, 0.2) is 10.8 Å². The van der Waals surface area contributed by atoms with Crippen LogP contribution in [-0.2, 0) is 0 Å². The molecule has 0 atom stereocenters. The Bertz CT molecular complexity index is 256. The van der Waals surface area contributed by atoms with Crippen molar-refractivity contribution in [1.82, 2.24) is 10.5 Å². The molecule has 0 bridgehead atoms. The largest absolute Gasteiger partial charge is 0.478 e. The Kier molecular flexibility index (Phi) is 2.10. The number of rotatable bonds is 2. The molecule has 1 amide bonds. The van der Waals surface area contributed by atoms with Gasteiger partial charge in [0.1, 0.15) is 11.8 Å². The Hall–Kier alpha value is -1.52. The molecule has 0 saturated carbocycles. The van der Waals surface area contributed by atoms with E-state index >= 15 is 0 Å². The number of aromatic nitrogens is 1. The van der Waals surface area contributed by atoms with Crippen molar-refractivity contribution in [3.63, 3.8) is 0 Å². The smallest absolute Gasteiger partial charge is 0.266 e. The molecule has 0 unspecified atom stereocenters. The first kappa shape index (κ1) is 7.59. The van der Waals surface area contributed by atoms with Crippen LogP contribution in [0.4, 0.5) is 0 Å². The van der Waals surface area contributed by atoms with Crippen molar-refractivity contribution in [1.29, 1.82) is 0 Å². The predicted octanol–water partition coefficient (Wildman–Crippen LogP) is 0.0428. The summed E-state index contributed by atoms with van der Waals surface area (Å²) in [7, 11) is 2.94. The summed E-state index contributed by atoms with van der Waals surface area (Å²) in [5.41, 5.74) is 0.301. The highest BCUT2D eigenvalue weighted by molar-refractivity contribution is 5.95. The van der Waals surface area contributed by atoms with Crippen LogP contribution in [-0.4, -0.2) is 25.2 Å². The Balaban J connectivity index is 2.92. The summed E-state index contributed by atoms with van der Waals surface area (Å²) >= 11 is 0. The average Bonchev–Trinajstić information content (AvgIpc) is 2.50. The maximum atomic E-state index is 11.0. The fraction of sp³-hybridized carbons (Fsp3) is 0.333. The van der Waals surface area contributed by atoms with Crippen molar-refractivity contribution >= 4 is 5.91 Å². The SMILES string of the molecule is CNC(=O)c1conc1OC. The van der Waals surface area contributed by atoms with Gasteiger partial charge in [0, 0.05) is 7.05 Å². The normalized spacial score (nSPS) is 9.27. The maximum Gasteiger partial charge on any atom is 0.266 e. The first-order chi connectivity index (χ1) is 5.29. The first-order valence-corrected chi connectivity index (χ1v) is 3.00. The lowest BCUT2D eigenvalue weighted by Gasteiger charge is -1.95. The second kappa shape index (κ2) is 3.05. The third kappa shape index (κ3) is 1.31. The van der Waals surface area contributed by atoms with Crippen LogP contribution < -0.4 is 10.1 Å². The van der Waals surface area contributed by atoms with Gasteiger partial charge < -0.3 is 14.6 Å². The summed E-state index contributed by atoms with van der Waals surface area (Å²) < 4.78 is 9.27. The maximum absolute atomic E-state index is 11.0. The minimum Gasteiger partial charge on any atom is -0.478 e. The average molecular weight is 156 g/mol. The van der Waals surface area contributed by atoms with E-state index in [9.17, 15) is 4.79 Å². The molecule has 5 nitrogen and oxygen atoms in total. The molecule has 1 rings (SSSR count). The highest BCUT2D eigenvalue weighted by Crippen LogP contribution is 2.13. The van der Waals surface area contributed by atoms with Crippen LogP contribution in [0.1, 0.15) is 10.4 Å². The van der Waals surface area contributed by atoms with Crippen molar-refractivity contribution in [2.75, 3.05) is 14.2 Å². The van der Waals surface area contributed by atoms with Gasteiger partial charge >= 0.3 is 0 Å². The third-order valence-corrected chi connectivity index (χ3v) is 1.20. The molecule has 11 heavy (non-hydrogen) atoms. The fourth-order valence-corrected chi connectivity index (χ4v) is 0.659. The van der Waals surface area contributed by atoms with Gasteiger partial charge in [0.2, 0.25) is 0 Å². The van der Waals surface area contributed by atoms with Gasteiger partial charge in [0.05, 0.1) is 7.11 Å². The molecule has 0 aliphatic rings. The molecule has 0 radical (unpaired) electrons. The van der Waals surface area contributed by atoms with E-state index < -0.39 is 0 Å². The predicted molar refractivity (Wildman–Crippen MR) is 36.4 cm³/mol. The number of methoxy groups -OCH3 is 1. The van der Waals surface area contributed by atoms with Crippen molar-refractivity contribution in [3.8, 4) is 5.88 Å². The fourth-order valence-electron chi connectivity index (χ4n) is 0.659. The Labute approximate surface area is 63.3 Å². The lowest BCUT2D eigenvalue weighted by atomic mass is 10.3. The molecule has 60 valence electrons. The van der Waals surface area contributed by atoms with Gasteiger partial charge in [-0.15, -0.1) is 0 Å². The quantitative estimate of drug-likeness (QED) is 0.656. The lowest BCUT2D eigenvalue weighted by Crippen LogP contribution is -2.17. The topological polar surface area (TPSA) is 64.4 Å². The van der Waals surface area contributed by atoms with E-state index in [1.165, 1.54) is 20.4 Å². The number of amides is 1. The number of carbonyl (C=O) groups is 1. The van der Waals surface area contributed by atoms with E-state index in [1.54, 1.807) is 0 Å². The van der Waals surface area contributed by atoms with E-state index in [1.807, 2.05) is 0 Å². The molecular formula is C6H8N2O3. The number of nitrogens with zero attached hydrogens (tertiary/aromatic N) is 1. The summed E-state index contributed by atoms with van der Waals surface area (Å²) in [6, 6.07) is 0. The Morgan fingerprint density at radius 2 is 2.55 bits per heavy atom. The Morgan fingerprint density at radius 1 is 1.82 bits per heavy atom. The summed E-state index contributed by atoms with van der Waals surface area (Å²) in [6.07, 6.45) is 1.23. The number of ether oxygens (including phenoxy) is 1. The standard InChI is InChI=1S/C6H8N2O3/c1-7-5(9)4-3-11-8-6(4)10-2/h3H,1-2H3,(H,7,9). The zero-order valence-electron chi connectivity index (χ0n) is 6.25. The summed E-state index contributed by atoms with van der Waals surface area (Å²) in [5, 5.41) is 5.87. The zero-order chi connectivity index (χ0) is 8.27. The van der Waals surface area contributed by atoms with Crippen molar-refractivity contribution in [2.45, 2.75) is 0 Å². The monoisotopic (exact) mass is 156 g/mol. The van der Waals surface area contributed by atoms with Crippen molar-refractivity contribution in [2.24, 2.45) is 0 Å². The zero-order valence-corrected chi connectivity index (χ0v) is 6.25. The molecule has 1 aromatic heterocycles. The van der Waals surface area contributed by atoms with Crippen LogP contribution in [0, 0.1) is 0 Å². The molecular weight excluding hydrogens is 148 g/mol. The van der Waals surface area contributed by atoms with Gasteiger partial charge in [-0.25, -0.2) is 0 Å². The summed E-state index contributed by atoms with van der Waals surface area (Å²) in [6.45, 7) is 0. The second-order valence-electron chi connectivity index (χ2n) is 1.82. The van der Waals surface area contributed by atoms with Crippen LogP contribution in [0.5, 0.6) is 5.88 Å². The number of nitrogens with one attached hydrogen (secondary N) is 1. The van der Waals surface area contributed by atoms with Crippen molar-refractivity contribution < 1.29 is 14.1 Å². The minimum absolute atomic E-state index is 0.198. The van der Waals surface area contributed by atoms with Crippen LogP contribution in [0.2, 0.25) is 0 Å². The Morgan fingerprint density at radius 3 is 3.09 bits per heavy atom. The van der Waals surface area contributed by atoms with Crippen LogP contribution in [0.3, 0.4) is 0 Å². The lowest BCUT2D eigenvalue weighted by molar-refractivity contribution is 0.0960. The molecule has 0 spiro atoms. The molecule has 0 fully saturated rings. The second-order valence-corrected chi connectivity index (χ2v) is 1.82. The van der Waals surface area contributed by atoms with E-state index in [4.69, 9.17) is 4.74 Å². The minimum atomic E-state index is -0.275. The van der Waals surface area contributed by atoms with Crippen molar-refractivity contribution in [3.05, 3.63) is 11.8 Å². The molecule has 1 N–H and O–H groups in total. The molecule has 0 aliphatic carbocycles. The third-order valence-electron chi connectivity index (χ3n) is 1.20. The van der Waals surface area contributed by atoms with Crippen LogP contribution >= 0.6 is 0 Å². The summed E-state index contributed by atoms with van der Waals surface area (Å²) in [5.74, 6) is -0.0764. The van der Waals surface area contributed by atoms with E-state index in [2.05, 4.69) is 15.0 Å².